The van der Waals surface area contributed by atoms with E-state index >= 15 is 0 Å². The van der Waals surface area contributed by atoms with E-state index < -0.39 is 14.8 Å². The number of rotatable bonds is 4. The van der Waals surface area contributed by atoms with E-state index in [9.17, 15) is 18.5 Å². The standard InChI is InChI=1S/C12H16N2O4S/c1-12(2)7-10(12)13-8-5-4-6-9(19(3,17)18)11(8)14(15)16/h4-6,10,13H,7H2,1-3H3. The third-order valence-electron chi connectivity index (χ3n) is 3.42. The minimum Gasteiger partial charge on any atom is -0.376 e. The Morgan fingerprint density at radius 3 is 2.42 bits per heavy atom. The van der Waals surface area contributed by atoms with Gasteiger partial charge in [-0.2, -0.15) is 0 Å². The quantitative estimate of drug-likeness (QED) is 0.676. The molecule has 104 valence electrons. The molecule has 1 aliphatic rings. The van der Waals surface area contributed by atoms with Gasteiger partial charge in [0.05, 0.1) is 4.92 Å². The summed E-state index contributed by atoms with van der Waals surface area (Å²) < 4.78 is 23.2. The van der Waals surface area contributed by atoms with Gasteiger partial charge in [0.25, 0.3) is 0 Å². The number of nitro benzene ring substituents is 1. The number of anilines is 1. The molecule has 1 atom stereocenters. The molecule has 19 heavy (non-hydrogen) atoms. The van der Waals surface area contributed by atoms with Crippen molar-refractivity contribution in [2.75, 3.05) is 11.6 Å². The predicted molar refractivity (Wildman–Crippen MR) is 72.0 cm³/mol. The lowest BCUT2D eigenvalue weighted by molar-refractivity contribution is -0.386. The zero-order chi connectivity index (χ0) is 14.4. The molecule has 1 N–H and O–H groups in total. The summed E-state index contributed by atoms with van der Waals surface area (Å²) >= 11 is 0. The summed E-state index contributed by atoms with van der Waals surface area (Å²) in [5.74, 6) is 0. The Hall–Kier alpha value is -1.63. The Morgan fingerprint density at radius 2 is 2.00 bits per heavy atom. The fraction of sp³-hybridized carbons (Fsp3) is 0.500. The van der Waals surface area contributed by atoms with Crippen LogP contribution in [0.1, 0.15) is 20.3 Å². The second kappa shape index (κ2) is 4.19. The van der Waals surface area contributed by atoms with E-state index in [2.05, 4.69) is 19.2 Å². The molecule has 0 radical (unpaired) electrons. The monoisotopic (exact) mass is 284 g/mol. The van der Waals surface area contributed by atoms with Crippen LogP contribution in [0, 0.1) is 15.5 Å². The molecule has 2 rings (SSSR count). The summed E-state index contributed by atoms with van der Waals surface area (Å²) in [7, 11) is -3.63. The van der Waals surface area contributed by atoms with E-state index in [1.165, 1.54) is 12.1 Å². The molecule has 1 aliphatic carbocycles. The van der Waals surface area contributed by atoms with Crippen molar-refractivity contribution in [3.05, 3.63) is 28.3 Å². The van der Waals surface area contributed by atoms with Gasteiger partial charge < -0.3 is 5.32 Å². The molecule has 1 saturated carbocycles. The number of para-hydroxylation sites is 1. The largest absolute Gasteiger partial charge is 0.376 e. The van der Waals surface area contributed by atoms with Crippen LogP contribution < -0.4 is 5.32 Å². The molecule has 0 bridgehead atoms. The van der Waals surface area contributed by atoms with Crippen molar-refractivity contribution >= 4 is 21.2 Å². The first-order valence-electron chi connectivity index (χ1n) is 5.87. The van der Waals surface area contributed by atoms with E-state index in [1.54, 1.807) is 6.07 Å². The minimum atomic E-state index is -3.63. The van der Waals surface area contributed by atoms with Crippen LogP contribution in [-0.4, -0.2) is 25.6 Å². The lowest BCUT2D eigenvalue weighted by Gasteiger charge is -2.10. The van der Waals surface area contributed by atoms with Gasteiger partial charge in [0.2, 0.25) is 0 Å². The first-order chi connectivity index (χ1) is 8.63. The Bertz CT molecular complexity index is 637. The third kappa shape index (κ3) is 2.70. The fourth-order valence-corrected chi connectivity index (χ4v) is 2.89. The van der Waals surface area contributed by atoms with Crippen molar-refractivity contribution < 1.29 is 13.3 Å². The van der Waals surface area contributed by atoms with Crippen LogP contribution in [0.3, 0.4) is 0 Å². The summed E-state index contributed by atoms with van der Waals surface area (Å²) in [5, 5.41) is 14.2. The van der Waals surface area contributed by atoms with Gasteiger partial charge in [-0.3, -0.25) is 10.1 Å². The maximum atomic E-state index is 11.6. The fourth-order valence-electron chi connectivity index (χ4n) is 2.03. The van der Waals surface area contributed by atoms with E-state index in [0.29, 0.717) is 0 Å². The number of hydrogen-bond acceptors (Lipinski definition) is 5. The van der Waals surface area contributed by atoms with Crippen molar-refractivity contribution in [3.8, 4) is 0 Å². The molecule has 1 aromatic carbocycles. The van der Waals surface area contributed by atoms with Crippen LogP contribution in [-0.2, 0) is 9.84 Å². The Labute approximate surface area is 111 Å². The van der Waals surface area contributed by atoms with E-state index in [4.69, 9.17) is 0 Å². The summed E-state index contributed by atoms with van der Waals surface area (Å²) in [6.45, 7) is 4.10. The van der Waals surface area contributed by atoms with Crippen molar-refractivity contribution in [3.63, 3.8) is 0 Å². The second-order valence-corrected chi connectivity index (χ2v) is 7.56. The first kappa shape index (κ1) is 13.8. The summed E-state index contributed by atoms with van der Waals surface area (Å²) in [4.78, 5) is 10.3. The maximum absolute atomic E-state index is 11.6. The SMILES string of the molecule is CC1(C)CC1Nc1cccc(S(C)(=O)=O)c1[N+](=O)[O-]. The Kier molecular flexibility index (Phi) is 3.04. The van der Waals surface area contributed by atoms with Gasteiger partial charge in [0, 0.05) is 12.3 Å². The lowest BCUT2D eigenvalue weighted by Crippen LogP contribution is -2.12. The number of benzene rings is 1. The molecule has 0 heterocycles. The van der Waals surface area contributed by atoms with Gasteiger partial charge in [-0.05, 0) is 24.0 Å². The van der Waals surface area contributed by atoms with Crippen molar-refractivity contribution in [2.45, 2.75) is 31.2 Å². The van der Waals surface area contributed by atoms with Crippen LogP contribution in [0.2, 0.25) is 0 Å². The average molecular weight is 284 g/mol. The molecule has 1 unspecified atom stereocenters. The summed E-state index contributed by atoms with van der Waals surface area (Å²) in [5.41, 5.74) is -0.00852. The van der Waals surface area contributed by atoms with Gasteiger partial charge in [0.1, 0.15) is 10.6 Å². The van der Waals surface area contributed by atoms with Crippen LogP contribution in [0.15, 0.2) is 23.1 Å². The van der Waals surface area contributed by atoms with Gasteiger partial charge in [-0.1, -0.05) is 19.9 Å². The Morgan fingerprint density at radius 1 is 1.42 bits per heavy atom. The van der Waals surface area contributed by atoms with Crippen LogP contribution in [0.4, 0.5) is 11.4 Å². The average Bonchev–Trinajstić information content (AvgIpc) is 2.84. The maximum Gasteiger partial charge on any atom is 0.310 e. The summed E-state index contributed by atoms with van der Waals surface area (Å²) in [6.07, 6.45) is 1.88. The predicted octanol–water partition coefficient (Wildman–Crippen LogP) is 2.21. The number of hydrogen-bond donors (Lipinski definition) is 1. The molecule has 0 amide bonds. The molecule has 0 aliphatic heterocycles. The Balaban J connectivity index is 2.47. The molecule has 1 fully saturated rings. The van der Waals surface area contributed by atoms with Gasteiger partial charge in [-0.15, -0.1) is 0 Å². The highest BCUT2D eigenvalue weighted by Gasteiger charge is 2.46. The number of nitro groups is 1. The normalized spacial score (nSPS) is 20.9. The number of nitrogens with zero attached hydrogens (tertiary/aromatic N) is 1. The molecule has 1 aromatic rings. The van der Waals surface area contributed by atoms with E-state index in [0.717, 1.165) is 12.7 Å². The minimum absolute atomic E-state index is 0.0922. The highest BCUT2D eigenvalue weighted by atomic mass is 32.2. The highest BCUT2D eigenvalue weighted by Crippen LogP contribution is 2.47. The van der Waals surface area contributed by atoms with Gasteiger partial charge in [0.15, 0.2) is 9.84 Å². The first-order valence-corrected chi connectivity index (χ1v) is 7.76. The van der Waals surface area contributed by atoms with Crippen LogP contribution >= 0.6 is 0 Å². The molecular weight excluding hydrogens is 268 g/mol. The molecular formula is C12H16N2O4S. The smallest absolute Gasteiger partial charge is 0.310 e. The third-order valence-corrected chi connectivity index (χ3v) is 4.55. The molecule has 0 aromatic heterocycles. The molecule has 0 saturated heterocycles. The van der Waals surface area contributed by atoms with Gasteiger partial charge in [-0.25, -0.2) is 8.42 Å². The molecule has 6 nitrogen and oxygen atoms in total. The zero-order valence-electron chi connectivity index (χ0n) is 11.0. The van der Waals surface area contributed by atoms with Crippen molar-refractivity contribution in [2.24, 2.45) is 5.41 Å². The summed E-state index contributed by atoms with van der Waals surface area (Å²) in [6, 6.07) is 4.46. The topological polar surface area (TPSA) is 89.3 Å². The van der Waals surface area contributed by atoms with E-state index in [1.807, 2.05) is 0 Å². The zero-order valence-corrected chi connectivity index (χ0v) is 11.8. The van der Waals surface area contributed by atoms with E-state index in [-0.39, 0.29) is 27.7 Å². The number of nitrogens with one attached hydrogen (secondary N) is 1. The van der Waals surface area contributed by atoms with Crippen molar-refractivity contribution in [1.29, 1.82) is 0 Å². The second-order valence-electron chi connectivity index (χ2n) is 5.57. The lowest BCUT2D eigenvalue weighted by atomic mass is 10.2. The van der Waals surface area contributed by atoms with Crippen LogP contribution in [0.25, 0.3) is 0 Å². The number of sulfone groups is 1. The van der Waals surface area contributed by atoms with Crippen LogP contribution in [0.5, 0.6) is 0 Å². The highest BCUT2D eigenvalue weighted by molar-refractivity contribution is 7.90. The van der Waals surface area contributed by atoms with Crippen molar-refractivity contribution in [1.82, 2.24) is 0 Å². The van der Waals surface area contributed by atoms with Gasteiger partial charge >= 0.3 is 5.69 Å². The molecule has 0 spiro atoms. The molecule has 7 heteroatoms.